The highest BCUT2D eigenvalue weighted by Gasteiger charge is 2.22. The van der Waals surface area contributed by atoms with Gasteiger partial charge in [0, 0.05) is 17.8 Å². The molecule has 0 bridgehead atoms. The number of carboxylic acids is 1. The molecule has 0 saturated heterocycles. The average molecular weight is 232 g/mol. The van der Waals surface area contributed by atoms with Crippen molar-refractivity contribution in [3.05, 3.63) is 29.5 Å². The van der Waals surface area contributed by atoms with Gasteiger partial charge in [-0.2, -0.15) is 5.10 Å². The number of aromatic carboxylic acids is 1. The lowest BCUT2D eigenvalue weighted by Gasteiger charge is -2.15. The first kappa shape index (κ1) is 11.6. The first-order valence-corrected chi connectivity index (χ1v) is 5.51. The third-order valence-corrected chi connectivity index (χ3v) is 2.81. The largest absolute Gasteiger partial charge is 0.478 e. The van der Waals surface area contributed by atoms with Gasteiger partial charge in [-0.25, -0.2) is 4.79 Å². The topological polar surface area (TPSA) is 55.1 Å². The molecule has 4 heteroatoms. The van der Waals surface area contributed by atoms with Gasteiger partial charge in [-0.15, -0.1) is 0 Å². The van der Waals surface area contributed by atoms with Gasteiger partial charge in [0.15, 0.2) is 0 Å². The summed E-state index contributed by atoms with van der Waals surface area (Å²) in [7, 11) is 1.84. The molecule has 0 atom stereocenters. The molecule has 0 aliphatic rings. The Kier molecular flexibility index (Phi) is 2.45. The van der Waals surface area contributed by atoms with Crippen molar-refractivity contribution in [2.45, 2.75) is 26.2 Å². The summed E-state index contributed by atoms with van der Waals surface area (Å²) in [4.78, 5) is 10.9. The highest BCUT2D eigenvalue weighted by Crippen LogP contribution is 2.29. The van der Waals surface area contributed by atoms with E-state index in [-0.39, 0.29) is 5.41 Å². The number of aromatic nitrogens is 2. The zero-order valence-electron chi connectivity index (χ0n) is 10.5. The predicted molar refractivity (Wildman–Crippen MR) is 66.4 cm³/mol. The minimum Gasteiger partial charge on any atom is -0.478 e. The van der Waals surface area contributed by atoms with Crippen LogP contribution in [0.5, 0.6) is 0 Å². The van der Waals surface area contributed by atoms with Gasteiger partial charge in [-0.1, -0.05) is 26.8 Å². The quantitative estimate of drug-likeness (QED) is 0.822. The van der Waals surface area contributed by atoms with Crippen LogP contribution in [-0.4, -0.2) is 20.9 Å². The van der Waals surface area contributed by atoms with Crippen LogP contribution >= 0.6 is 0 Å². The maximum atomic E-state index is 10.9. The second kappa shape index (κ2) is 3.58. The summed E-state index contributed by atoms with van der Waals surface area (Å²) in [6, 6.07) is 5.13. The average Bonchev–Trinajstić information content (AvgIpc) is 2.55. The zero-order valence-corrected chi connectivity index (χ0v) is 10.5. The molecule has 0 radical (unpaired) electrons. The van der Waals surface area contributed by atoms with Gasteiger partial charge in [0.1, 0.15) is 0 Å². The first-order chi connectivity index (χ1) is 7.80. The Morgan fingerprint density at radius 3 is 2.53 bits per heavy atom. The van der Waals surface area contributed by atoms with Gasteiger partial charge in [0.2, 0.25) is 0 Å². The zero-order chi connectivity index (χ0) is 12.8. The van der Waals surface area contributed by atoms with E-state index < -0.39 is 5.97 Å². The SMILES string of the molecule is Cn1nc(C(C)(C)C)c2ccc(C(=O)O)cc21. The molecule has 1 heterocycles. The summed E-state index contributed by atoms with van der Waals surface area (Å²) in [6.45, 7) is 6.29. The molecular weight excluding hydrogens is 216 g/mol. The number of nitrogens with zero attached hydrogens (tertiary/aromatic N) is 2. The monoisotopic (exact) mass is 232 g/mol. The Bertz CT molecular complexity index is 591. The molecule has 0 aliphatic carbocycles. The van der Waals surface area contributed by atoms with Crippen LogP contribution in [0.15, 0.2) is 18.2 Å². The van der Waals surface area contributed by atoms with Crippen molar-refractivity contribution in [2.24, 2.45) is 7.05 Å². The molecule has 0 amide bonds. The molecule has 1 aromatic carbocycles. The molecule has 0 aliphatic heterocycles. The Labute approximate surface area is 99.9 Å². The highest BCUT2D eigenvalue weighted by atomic mass is 16.4. The Balaban J connectivity index is 2.74. The molecule has 1 N–H and O–H groups in total. The standard InChI is InChI=1S/C13H16N2O2/c1-13(2,3)11-9-6-5-8(12(16)17)7-10(9)15(4)14-11/h5-7H,1-4H3,(H,16,17). The van der Waals surface area contributed by atoms with Crippen LogP contribution in [0.25, 0.3) is 10.9 Å². The van der Waals surface area contributed by atoms with Crippen molar-refractivity contribution in [3.8, 4) is 0 Å². The number of fused-ring (bicyclic) bond motifs is 1. The van der Waals surface area contributed by atoms with E-state index in [1.165, 1.54) is 0 Å². The minimum absolute atomic E-state index is 0.0513. The van der Waals surface area contributed by atoms with Crippen LogP contribution < -0.4 is 0 Å². The van der Waals surface area contributed by atoms with Crippen LogP contribution in [0.3, 0.4) is 0 Å². The van der Waals surface area contributed by atoms with Crippen LogP contribution in [0.1, 0.15) is 36.8 Å². The van der Waals surface area contributed by atoms with Crippen molar-refractivity contribution in [3.63, 3.8) is 0 Å². The third kappa shape index (κ3) is 1.90. The van der Waals surface area contributed by atoms with Crippen LogP contribution in [0, 0.1) is 0 Å². The predicted octanol–water partition coefficient (Wildman–Crippen LogP) is 2.57. The van der Waals surface area contributed by atoms with E-state index in [1.54, 1.807) is 16.8 Å². The van der Waals surface area contributed by atoms with Crippen molar-refractivity contribution < 1.29 is 9.90 Å². The normalized spacial score (nSPS) is 12.0. The van der Waals surface area contributed by atoms with E-state index in [1.807, 2.05) is 13.1 Å². The van der Waals surface area contributed by atoms with Crippen molar-refractivity contribution in [2.75, 3.05) is 0 Å². The fourth-order valence-corrected chi connectivity index (χ4v) is 1.94. The van der Waals surface area contributed by atoms with Gasteiger partial charge in [-0.05, 0) is 12.1 Å². The van der Waals surface area contributed by atoms with Gasteiger partial charge in [-0.3, -0.25) is 4.68 Å². The molecule has 1 aromatic heterocycles. The highest BCUT2D eigenvalue weighted by molar-refractivity contribution is 5.94. The lowest BCUT2D eigenvalue weighted by molar-refractivity contribution is 0.0697. The minimum atomic E-state index is -0.912. The third-order valence-electron chi connectivity index (χ3n) is 2.81. The molecule has 2 rings (SSSR count). The second-order valence-corrected chi connectivity index (χ2v) is 5.26. The molecule has 2 aromatic rings. The van der Waals surface area contributed by atoms with Gasteiger partial charge >= 0.3 is 5.97 Å². The number of benzene rings is 1. The van der Waals surface area contributed by atoms with Crippen molar-refractivity contribution in [1.29, 1.82) is 0 Å². The van der Waals surface area contributed by atoms with Gasteiger partial charge in [0.25, 0.3) is 0 Å². The summed E-state index contributed by atoms with van der Waals surface area (Å²) in [6.07, 6.45) is 0. The van der Waals surface area contributed by atoms with E-state index in [4.69, 9.17) is 5.11 Å². The van der Waals surface area contributed by atoms with Gasteiger partial charge in [0.05, 0.1) is 16.8 Å². The van der Waals surface area contributed by atoms with Crippen molar-refractivity contribution >= 4 is 16.9 Å². The number of hydrogen-bond donors (Lipinski definition) is 1. The van der Waals surface area contributed by atoms with Gasteiger partial charge < -0.3 is 5.11 Å². The van der Waals surface area contributed by atoms with E-state index >= 15 is 0 Å². The summed E-state index contributed by atoms with van der Waals surface area (Å²) >= 11 is 0. The van der Waals surface area contributed by atoms with Crippen LogP contribution in [0.2, 0.25) is 0 Å². The number of carboxylic acid groups (broad SMARTS) is 1. The summed E-state index contributed by atoms with van der Waals surface area (Å²) in [5, 5.41) is 14.5. The molecular formula is C13H16N2O2. The number of hydrogen-bond acceptors (Lipinski definition) is 2. The number of aryl methyl sites for hydroxylation is 1. The van der Waals surface area contributed by atoms with E-state index in [9.17, 15) is 4.79 Å². The first-order valence-electron chi connectivity index (χ1n) is 5.51. The second-order valence-electron chi connectivity index (χ2n) is 5.26. The van der Waals surface area contributed by atoms with Crippen molar-refractivity contribution in [1.82, 2.24) is 9.78 Å². The molecule has 0 fully saturated rings. The maximum Gasteiger partial charge on any atom is 0.335 e. The van der Waals surface area contributed by atoms with Crippen LogP contribution in [-0.2, 0) is 12.5 Å². The van der Waals surface area contributed by atoms with E-state index in [0.717, 1.165) is 16.6 Å². The Morgan fingerprint density at radius 1 is 1.35 bits per heavy atom. The summed E-state index contributed by atoms with van der Waals surface area (Å²) in [5.41, 5.74) is 2.09. The summed E-state index contributed by atoms with van der Waals surface area (Å²) in [5.74, 6) is -0.912. The Hall–Kier alpha value is -1.84. The summed E-state index contributed by atoms with van der Waals surface area (Å²) < 4.78 is 1.74. The smallest absolute Gasteiger partial charge is 0.335 e. The molecule has 0 saturated carbocycles. The van der Waals surface area contributed by atoms with Crippen LogP contribution in [0.4, 0.5) is 0 Å². The molecule has 4 nitrogen and oxygen atoms in total. The fourth-order valence-electron chi connectivity index (χ4n) is 1.94. The van der Waals surface area contributed by atoms with E-state index in [0.29, 0.717) is 5.56 Å². The fraction of sp³-hybridized carbons (Fsp3) is 0.385. The Morgan fingerprint density at radius 2 is 2.00 bits per heavy atom. The molecule has 0 spiro atoms. The molecule has 90 valence electrons. The number of rotatable bonds is 1. The number of carbonyl (C=O) groups is 1. The molecule has 0 unspecified atom stereocenters. The molecule has 17 heavy (non-hydrogen) atoms. The lowest BCUT2D eigenvalue weighted by atomic mass is 9.90. The lowest BCUT2D eigenvalue weighted by Crippen LogP contribution is -2.12. The maximum absolute atomic E-state index is 10.9. The van der Waals surface area contributed by atoms with E-state index in [2.05, 4.69) is 25.9 Å².